The first-order chi connectivity index (χ1) is 12.8. The molecule has 0 unspecified atom stereocenters. The van der Waals surface area contributed by atoms with Crippen LogP contribution >= 0.6 is 11.6 Å². The fraction of sp³-hybridized carbons (Fsp3) is 0. The van der Waals surface area contributed by atoms with E-state index in [4.69, 9.17) is 21.3 Å². The second kappa shape index (κ2) is 6.08. The minimum Gasteiger partial charge on any atom is -0.458 e. The predicted molar refractivity (Wildman–Crippen MR) is 109 cm³/mol. The summed E-state index contributed by atoms with van der Waals surface area (Å²) in [6, 6.07) is 18.1. The molecule has 1 aromatic heterocycles. The molecule has 1 N–H and O–H groups in total. The Morgan fingerprint density at radius 1 is 0.962 bits per heavy atom. The zero-order chi connectivity index (χ0) is 17.5. The zero-order valence-electron chi connectivity index (χ0n) is 13.9. The van der Waals surface area contributed by atoms with Gasteiger partial charge in [-0.05, 0) is 52.9 Å². The molecule has 26 heavy (non-hydrogen) atoms. The maximum absolute atomic E-state index is 6.48. The van der Waals surface area contributed by atoms with Crippen molar-refractivity contribution in [2.45, 2.75) is 0 Å². The van der Waals surface area contributed by atoms with Crippen molar-refractivity contribution in [3.05, 3.63) is 89.9 Å². The van der Waals surface area contributed by atoms with Crippen molar-refractivity contribution in [1.29, 1.82) is 0 Å². The minimum absolute atomic E-state index is 0.618. The largest absolute Gasteiger partial charge is 0.458 e. The summed E-state index contributed by atoms with van der Waals surface area (Å²) in [5, 5.41) is 0.618. The van der Waals surface area contributed by atoms with E-state index in [-0.39, 0.29) is 0 Å². The van der Waals surface area contributed by atoms with Crippen LogP contribution in [0.2, 0.25) is 0 Å². The number of rotatable bonds is 2. The van der Waals surface area contributed by atoms with Crippen LogP contribution in [0.15, 0.2) is 83.6 Å². The van der Waals surface area contributed by atoms with Crippen LogP contribution in [0.5, 0.6) is 11.5 Å². The highest BCUT2D eigenvalue weighted by Gasteiger charge is 2.23. The van der Waals surface area contributed by atoms with Crippen LogP contribution in [0.25, 0.3) is 5.03 Å². The molecule has 0 bridgehead atoms. The fourth-order valence-electron chi connectivity index (χ4n) is 3.38. The summed E-state index contributed by atoms with van der Waals surface area (Å²) < 4.78 is 6.09. The lowest BCUT2D eigenvalue weighted by atomic mass is 9.60. The van der Waals surface area contributed by atoms with Crippen LogP contribution < -0.4 is 15.7 Å². The number of aromatic amines is 1. The Labute approximate surface area is 156 Å². The maximum Gasteiger partial charge on any atom is 0.202 e. The summed E-state index contributed by atoms with van der Waals surface area (Å²) in [6.07, 6.45) is 5.82. The first kappa shape index (κ1) is 15.3. The zero-order valence-corrected chi connectivity index (χ0v) is 14.6. The van der Waals surface area contributed by atoms with Crippen LogP contribution in [-0.4, -0.2) is 18.0 Å². The average Bonchev–Trinajstić information content (AvgIpc) is 3.37. The summed E-state index contributed by atoms with van der Waals surface area (Å²) in [7, 11) is 0.831. The van der Waals surface area contributed by atoms with Gasteiger partial charge in [-0.3, -0.25) is 0 Å². The van der Waals surface area contributed by atoms with Crippen LogP contribution in [0, 0.1) is 0 Å². The van der Waals surface area contributed by atoms with Crippen LogP contribution in [0.3, 0.4) is 0 Å². The molecule has 5 rings (SSSR count). The lowest BCUT2D eigenvalue weighted by Gasteiger charge is -2.21. The number of nitrogens with zero attached hydrogens (tertiary/aromatic N) is 1. The summed E-state index contributed by atoms with van der Waals surface area (Å²) in [4.78, 5) is 7.87. The molecule has 2 aromatic carbocycles. The van der Waals surface area contributed by atoms with Crippen LogP contribution in [-0.2, 0) is 0 Å². The quantitative estimate of drug-likeness (QED) is 0.549. The van der Waals surface area contributed by atoms with E-state index >= 15 is 0 Å². The standard InChI is InChI=1S/C21H14BClN2O/c23-21(16-7-4-12-24-16)17-11-10-15(25-17)13-5-3-9-19-20(13)22-14-6-1-2-8-18(14)26-19/h1-12,22,24H/b21-17+. The average molecular weight is 357 g/mol. The molecule has 3 aromatic rings. The van der Waals surface area contributed by atoms with Crippen LogP contribution in [0.1, 0.15) is 11.3 Å². The number of fused-ring (bicyclic) bond motifs is 2. The molecule has 0 saturated heterocycles. The molecule has 0 aliphatic carbocycles. The van der Waals surface area contributed by atoms with Crippen molar-refractivity contribution in [3.8, 4) is 11.5 Å². The number of hydrogen-bond donors (Lipinski definition) is 1. The molecule has 2 aliphatic heterocycles. The van der Waals surface area contributed by atoms with Gasteiger partial charge in [0.25, 0.3) is 0 Å². The number of hydrogen-bond acceptors (Lipinski definition) is 2. The van der Waals surface area contributed by atoms with Gasteiger partial charge in [0.05, 0.1) is 22.1 Å². The third-order valence-corrected chi connectivity index (χ3v) is 5.07. The number of allylic oxidation sites excluding steroid dienone is 2. The van der Waals surface area contributed by atoms with E-state index < -0.39 is 0 Å². The highest BCUT2D eigenvalue weighted by atomic mass is 35.5. The van der Waals surface area contributed by atoms with Gasteiger partial charge < -0.3 is 9.72 Å². The van der Waals surface area contributed by atoms with Crippen molar-refractivity contribution in [2.75, 3.05) is 0 Å². The minimum atomic E-state index is 0.618. The lowest BCUT2D eigenvalue weighted by molar-refractivity contribution is 0.488. The Hall–Kier alpha value is -2.98. The molecule has 0 radical (unpaired) electrons. The Morgan fingerprint density at radius 3 is 2.73 bits per heavy atom. The maximum atomic E-state index is 6.48. The van der Waals surface area contributed by atoms with Crippen molar-refractivity contribution >= 4 is 40.6 Å². The monoisotopic (exact) mass is 356 g/mol. The molecule has 0 atom stereocenters. The Bertz CT molecular complexity index is 1100. The number of halogens is 1. The molecule has 0 saturated carbocycles. The van der Waals surface area contributed by atoms with Gasteiger partial charge in [0.15, 0.2) is 0 Å². The summed E-state index contributed by atoms with van der Waals surface area (Å²) >= 11 is 6.48. The summed E-state index contributed by atoms with van der Waals surface area (Å²) in [6.45, 7) is 0. The number of H-pyrrole nitrogens is 1. The van der Waals surface area contributed by atoms with Gasteiger partial charge in [-0.25, -0.2) is 4.99 Å². The smallest absolute Gasteiger partial charge is 0.202 e. The number of benzene rings is 2. The number of ether oxygens (including phenoxy) is 1. The lowest BCUT2D eigenvalue weighted by Crippen LogP contribution is -2.36. The van der Waals surface area contributed by atoms with Gasteiger partial charge in [0.2, 0.25) is 7.28 Å². The van der Waals surface area contributed by atoms with Gasteiger partial charge in [-0.1, -0.05) is 41.9 Å². The van der Waals surface area contributed by atoms with Crippen molar-refractivity contribution in [2.24, 2.45) is 4.99 Å². The van der Waals surface area contributed by atoms with Gasteiger partial charge >= 0.3 is 0 Å². The van der Waals surface area contributed by atoms with Gasteiger partial charge in [-0.2, -0.15) is 0 Å². The summed E-state index contributed by atoms with van der Waals surface area (Å²) in [5.74, 6) is 1.82. The van der Waals surface area contributed by atoms with E-state index in [1.165, 1.54) is 5.46 Å². The van der Waals surface area contributed by atoms with E-state index in [2.05, 4.69) is 17.1 Å². The first-order valence-electron chi connectivity index (χ1n) is 8.48. The normalized spacial score (nSPS) is 16.3. The van der Waals surface area contributed by atoms with Gasteiger partial charge in [0, 0.05) is 6.20 Å². The Balaban J connectivity index is 1.56. The molecular weight excluding hydrogens is 343 g/mol. The number of para-hydroxylation sites is 1. The highest BCUT2D eigenvalue weighted by molar-refractivity contribution is 6.71. The van der Waals surface area contributed by atoms with E-state index in [9.17, 15) is 0 Å². The fourth-order valence-corrected chi connectivity index (χ4v) is 3.60. The Morgan fingerprint density at radius 2 is 1.85 bits per heavy atom. The second-order valence-corrected chi connectivity index (χ2v) is 6.66. The van der Waals surface area contributed by atoms with E-state index in [0.29, 0.717) is 5.03 Å². The second-order valence-electron chi connectivity index (χ2n) is 6.28. The van der Waals surface area contributed by atoms with E-state index in [1.54, 1.807) is 0 Å². The van der Waals surface area contributed by atoms with Crippen molar-refractivity contribution in [1.82, 2.24) is 4.98 Å². The third kappa shape index (κ3) is 2.50. The molecule has 3 nitrogen and oxygen atoms in total. The topological polar surface area (TPSA) is 37.4 Å². The Kier molecular flexibility index (Phi) is 3.57. The van der Waals surface area contributed by atoms with Crippen LogP contribution in [0.4, 0.5) is 0 Å². The van der Waals surface area contributed by atoms with Crippen molar-refractivity contribution in [3.63, 3.8) is 0 Å². The predicted octanol–water partition coefficient (Wildman–Crippen LogP) is 3.47. The van der Waals surface area contributed by atoms with Gasteiger partial charge in [-0.15, -0.1) is 0 Å². The molecule has 0 fully saturated rings. The third-order valence-electron chi connectivity index (χ3n) is 4.67. The number of aromatic nitrogens is 1. The SMILES string of the molecule is Cl/C(=C1\C=CC(c2cccc3c2Bc2ccccc2O3)=N1)c1ccc[nH]1. The molecule has 3 heterocycles. The first-order valence-corrected chi connectivity index (χ1v) is 8.86. The number of nitrogens with one attached hydrogen (secondary N) is 1. The molecular formula is C21H14BClN2O. The molecule has 5 heteroatoms. The van der Waals surface area contributed by atoms with E-state index in [0.717, 1.165) is 46.9 Å². The highest BCUT2D eigenvalue weighted by Crippen LogP contribution is 2.28. The molecule has 0 spiro atoms. The number of aliphatic imine (C=N–C) groups is 1. The van der Waals surface area contributed by atoms with Crippen molar-refractivity contribution < 1.29 is 4.74 Å². The van der Waals surface area contributed by atoms with E-state index in [1.807, 2.05) is 60.8 Å². The molecule has 124 valence electrons. The van der Waals surface area contributed by atoms with Gasteiger partial charge in [0.1, 0.15) is 11.5 Å². The molecule has 2 aliphatic rings. The summed E-state index contributed by atoms with van der Waals surface area (Å²) in [5.41, 5.74) is 5.97. The molecule has 0 amide bonds.